The smallest absolute Gasteiger partial charge is 0.257 e. The molecule has 1 heterocycles. The third-order valence-electron chi connectivity index (χ3n) is 3.42. The zero-order valence-electron chi connectivity index (χ0n) is 12.4. The Labute approximate surface area is 142 Å². The Morgan fingerprint density at radius 2 is 1.96 bits per heavy atom. The van der Waals surface area contributed by atoms with E-state index in [1.807, 2.05) is 48.5 Å². The summed E-state index contributed by atoms with van der Waals surface area (Å²) < 4.78 is 11.8. The number of ether oxygens (including phenoxy) is 1. The van der Waals surface area contributed by atoms with Gasteiger partial charge in [0.2, 0.25) is 0 Å². The van der Waals surface area contributed by atoms with Gasteiger partial charge < -0.3 is 14.5 Å². The van der Waals surface area contributed by atoms with Crippen LogP contribution in [0.15, 0.2) is 63.7 Å². The van der Waals surface area contributed by atoms with Gasteiger partial charge >= 0.3 is 0 Å². The highest BCUT2D eigenvalue weighted by Gasteiger charge is 2.04. The number of carbonyl (C=O) groups excluding carboxylic acids is 1. The Bertz CT molecular complexity index is 799. The normalized spacial score (nSPS) is 10.7. The van der Waals surface area contributed by atoms with E-state index in [1.54, 1.807) is 6.26 Å². The van der Waals surface area contributed by atoms with Crippen molar-refractivity contribution in [2.24, 2.45) is 0 Å². The second-order valence-electron chi connectivity index (χ2n) is 5.12. The van der Waals surface area contributed by atoms with Gasteiger partial charge in [0.25, 0.3) is 5.91 Å². The average molecular weight is 374 g/mol. The van der Waals surface area contributed by atoms with E-state index in [0.717, 1.165) is 21.0 Å². The molecule has 1 amide bonds. The molecule has 1 aromatic heterocycles. The molecule has 0 atom stereocenters. The van der Waals surface area contributed by atoms with Crippen LogP contribution in [0.5, 0.6) is 5.75 Å². The maximum absolute atomic E-state index is 11.8. The molecule has 0 radical (unpaired) electrons. The average Bonchev–Trinajstić information content (AvgIpc) is 3.06. The first-order chi connectivity index (χ1) is 11.2. The zero-order chi connectivity index (χ0) is 16.1. The summed E-state index contributed by atoms with van der Waals surface area (Å²) in [5.41, 5.74) is 0. The molecule has 0 spiro atoms. The van der Waals surface area contributed by atoms with Crippen LogP contribution in [0.3, 0.4) is 0 Å². The van der Waals surface area contributed by atoms with Crippen LogP contribution in [-0.2, 0) is 11.2 Å². The van der Waals surface area contributed by atoms with E-state index in [2.05, 4.69) is 21.2 Å². The summed E-state index contributed by atoms with van der Waals surface area (Å²) in [6.45, 7) is 0.529. The minimum atomic E-state index is -0.146. The van der Waals surface area contributed by atoms with Crippen LogP contribution in [0.4, 0.5) is 0 Å². The summed E-state index contributed by atoms with van der Waals surface area (Å²) in [7, 11) is 0. The van der Waals surface area contributed by atoms with Gasteiger partial charge in [-0.1, -0.05) is 28.1 Å². The molecule has 118 valence electrons. The van der Waals surface area contributed by atoms with Crippen molar-refractivity contribution in [2.75, 3.05) is 13.2 Å². The first-order valence-corrected chi connectivity index (χ1v) is 8.11. The topological polar surface area (TPSA) is 51.5 Å². The van der Waals surface area contributed by atoms with Crippen LogP contribution in [0.1, 0.15) is 5.76 Å². The zero-order valence-corrected chi connectivity index (χ0v) is 14.0. The molecule has 4 nitrogen and oxygen atoms in total. The van der Waals surface area contributed by atoms with Gasteiger partial charge in [-0.05, 0) is 47.2 Å². The molecule has 2 aromatic carbocycles. The van der Waals surface area contributed by atoms with Crippen molar-refractivity contribution in [1.82, 2.24) is 5.32 Å². The van der Waals surface area contributed by atoms with E-state index in [0.29, 0.717) is 18.7 Å². The van der Waals surface area contributed by atoms with Gasteiger partial charge in [0.1, 0.15) is 11.5 Å². The Hall–Kier alpha value is -2.27. The van der Waals surface area contributed by atoms with Gasteiger partial charge in [-0.25, -0.2) is 0 Å². The number of carbonyl (C=O) groups is 1. The third-order valence-corrected chi connectivity index (χ3v) is 3.91. The fourth-order valence-corrected chi connectivity index (χ4v) is 2.64. The first-order valence-electron chi connectivity index (χ1n) is 7.32. The van der Waals surface area contributed by atoms with E-state index in [9.17, 15) is 4.79 Å². The Kier molecular flexibility index (Phi) is 4.98. The molecule has 0 bridgehead atoms. The summed E-state index contributed by atoms with van der Waals surface area (Å²) in [6, 6.07) is 15.5. The summed E-state index contributed by atoms with van der Waals surface area (Å²) >= 11 is 3.45. The monoisotopic (exact) mass is 373 g/mol. The number of benzene rings is 2. The van der Waals surface area contributed by atoms with E-state index < -0.39 is 0 Å². The Balaban J connectivity index is 1.49. The number of halogens is 1. The van der Waals surface area contributed by atoms with E-state index in [1.165, 1.54) is 0 Å². The standard InChI is InChI=1S/C18H16BrNO3/c19-15-5-3-14-11-17(6-4-13(14)10-15)23-12-18(21)20-8-7-16-2-1-9-22-16/h1-6,9-11H,7-8,12H2,(H,20,21). The predicted octanol–water partition coefficient (Wildman–Crippen LogP) is 3.93. The summed E-state index contributed by atoms with van der Waals surface area (Å²) in [5, 5.41) is 5.00. The minimum Gasteiger partial charge on any atom is -0.484 e. The van der Waals surface area contributed by atoms with Gasteiger partial charge in [0, 0.05) is 17.4 Å². The SMILES string of the molecule is O=C(COc1ccc2cc(Br)ccc2c1)NCCc1ccco1. The quantitative estimate of drug-likeness (QED) is 0.711. The maximum Gasteiger partial charge on any atom is 0.257 e. The highest BCUT2D eigenvalue weighted by molar-refractivity contribution is 9.10. The molecule has 1 N–H and O–H groups in total. The van der Waals surface area contributed by atoms with Gasteiger partial charge in [-0.15, -0.1) is 0 Å². The molecule has 0 unspecified atom stereocenters. The highest BCUT2D eigenvalue weighted by Crippen LogP contribution is 2.24. The summed E-state index contributed by atoms with van der Waals surface area (Å²) in [6.07, 6.45) is 2.29. The molecular formula is C18H16BrNO3. The number of nitrogens with one attached hydrogen (secondary N) is 1. The summed E-state index contributed by atoms with van der Waals surface area (Å²) in [5.74, 6) is 1.39. The molecule has 0 aliphatic carbocycles. The lowest BCUT2D eigenvalue weighted by atomic mass is 10.1. The molecule has 23 heavy (non-hydrogen) atoms. The molecule has 0 fully saturated rings. The van der Waals surface area contributed by atoms with Gasteiger partial charge in [0.15, 0.2) is 6.61 Å². The highest BCUT2D eigenvalue weighted by atomic mass is 79.9. The first kappa shape index (κ1) is 15.6. The van der Waals surface area contributed by atoms with Crippen LogP contribution in [0.25, 0.3) is 10.8 Å². The molecule has 0 aliphatic heterocycles. The van der Waals surface area contributed by atoms with Crippen LogP contribution in [-0.4, -0.2) is 19.1 Å². The van der Waals surface area contributed by atoms with Gasteiger partial charge in [-0.2, -0.15) is 0 Å². The Morgan fingerprint density at radius 1 is 1.13 bits per heavy atom. The molecular weight excluding hydrogens is 358 g/mol. The van der Waals surface area contributed by atoms with Crippen molar-refractivity contribution >= 4 is 32.6 Å². The van der Waals surface area contributed by atoms with Crippen molar-refractivity contribution in [3.63, 3.8) is 0 Å². The van der Waals surface area contributed by atoms with Crippen molar-refractivity contribution in [1.29, 1.82) is 0 Å². The van der Waals surface area contributed by atoms with Crippen molar-refractivity contribution in [3.05, 3.63) is 65.0 Å². The summed E-state index contributed by atoms with van der Waals surface area (Å²) in [4.78, 5) is 11.8. The molecule has 3 rings (SSSR count). The number of fused-ring (bicyclic) bond motifs is 1. The van der Waals surface area contributed by atoms with Crippen molar-refractivity contribution in [2.45, 2.75) is 6.42 Å². The van der Waals surface area contributed by atoms with E-state index in [4.69, 9.17) is 9.15 Å². The second-order valence-corrected chi connectivity index (χ2v) is 6.04. The molecule has 0 aliphatic rings. The fourth-order valence-electron chi connectivity index (χ4n) is 2.26. The van der Waals surface area contributed by atoms with Gasteiger partial charge in [0.05, 0.1) is 6.26 Å². The largest absolute Gasteiger partial charge is 0.484 e. The van der Waals surface area contributed by atoms with Crippen LogP contribution in [0.2, 0.25) is 0 Å². The number of hydrogen-bond acceptors (Lipinski definition) is 3. The number of amides is 1. The number of furan rings is 1. The molecule has 0 saturated carbocycles. The predicted molar refractivity (Wildman–Crippen MR) is 92.6 cm³/mol. The maximum atomic E-state index is 11.8. The number of rotatable bonds is 6. The van der Waals surface area contributed by atoms with Crippen LogP contribution >= 0.6 is 15.9 Å². The minimum absolute atomic E-state index is 0.000188. The lowest BCUT2D eigenvalue weighted by Gasteiger charge is -2.08. The lowest BCUT2D eigenvalue weighted by Crippen LogP contribution is -2.30. The van der Waals surface area contributed by atoms with Crippen molar-refractivity contribution in [3.8, 4) is 5.75 Å². The Morgan fingerprint density at radius 3 is 2.78 bits per heavy atom. The molecule has 0 saturated heterocycles. The molecule has 3 aromatic rings. The van der Waals surface area contributed by atoms with Crippen LogP contribution < -0.4 is 10.1 Å². The second kappa shape index (κ2) is 7.33. The van der Waals surface area contributed by atoms with Gasteiger partial charge in [-0.3, -0.25) is 4.79 Å². The van der Waals surface area contributed by atoms with Crippen molar-refractivity contribution < 1.29 is 13.9 Å². The van der Waals surface area contributed by atoms with Crippen LogP contribution in [0, 0.1) is 0 Å². The number of hydrogen-bond donors (Lipinski definition) is 1. The fraction of sp³-hybridized carbons (Fsp3) is 0.167. The lowest BCUT2D eigenvalue weighted by molar-refractivity contribution is -0.123. The van der Waals surface area contributed by atoms with E-state index >= 15 is 0 Å². The van der Waals surface area contributed by atoms with E-state index in [-0.39, 0.29) is 12.5 Å². The molecule has 5 heteroatoms. The third kappa shape index (κ3) is 4.36.